The van der Waals surface area contributed by atoms with E-state index in [-0.39, 0.29) is 12.0 Å². The van der Waals surface area contributed by atoms with Crippen molar-refractivity contribution in [2.75, 3.05) is 6.54 Å². The van der Waals surface area contributed by atoms with E-state index < -0.39 is 10.0 Å². The zero-order valence-corrected chi connectivity index (χ0v) is 14.9. The highest BCUT2D eigenvalue weighted by Crippen LogP contribution is 2.21. The molecule has 0 aliphatic heterocycles. The summed E-state index contributed by atoms with van der Waals surface area (Å²) in [5.74, 6) is 1.19. The van der Waals surface area contributed by atoms with Gasteiger partial charge in [0.05, 0.1) is 4.90 Å². The minimum absolute atomic E-state index is 0.0713. The van der Waals surface area contributed by atoms with Crippen molar-refractivity contribution in [3.63, 3.8) is 0 Å². The quantitative estimate of drug-likeness (QED) is 0.733. The first-order valence-corrected chi connectivity index (χ1v) is 9.53. The third kappa shape index (κ3) is 5.71. The molecule has 0 fully saturated rings. The number of nitrogens with one attached hydrogen (secondary N) is 1. The van der Waals surface area contributed by atoms with Crippen LogP contribution in [0.3, 0.4) is 0 Å². The van der Waals surface area contributed by atoms with E-state index in [1.54, 1.807) is 24.3 Å². The van der Waals surface area contributed by atoms with Crippen LogP contribution < -0.4 is 10.5 Å². The Labute approximate surface area is 135 Å². The first-order valence-electron chi connectivity index (χ1n) is 8.05. The van der Waals surface area contributed by atoms with Crippen molar-refractivity contribution >= 4 is 10.0 Å². The van der Waals surface area contributed by atoms with Crippen LogP contribution in [0, 0.1) is 17.8 Å². The number of rotatable bonds is 9. The van der Waals surface area contributed by atoms with Crippen LogP contribution in [0.4, 0.5) is 0 Å². The number of benzene rings is 1. The number of hydrogen-bond acceptors (Lipinski definition) is 3. The maximum absolute atomic E-state index is 12.5. The molecule has 0 aromatic heterocycles. The Hall–Kier alpha value is -0.910. The fraction of sp³-hybridized carbons (Fsp3) is 0.647. The van der Waals surface area contributed by atoms with Crippen LogP contribution in [-0.4, -0.2) is 21.0 Å². The molecule has 0 saturated carbocycles. The lowest BCUT2D eigenvalue weighted by Gasteiger charge is -2.26. The number of nitrogens with two attached hydrogens (primary N) is 1. The summed E-state index contributed by atoms with van der Waals surface area (Å²) < 4.78 is 27.8. The SMILES string of the molecule is CC(C)[C@H](CN)CC[C@@H](NS(=O)(=O)c1ccccc1)C(C)C. The second-order valence-electron chi connectivity index (χ2n) is 6.60. The molecule has 0 bridgehead atoms. The van der Waals surface area contributed by atoms with Crippen molar-refractivity contribution < 1.29 is 8.42 Å². The highest BCUT2D eigenvalue weighted by molar-refractivity contribution is 7.89. The van der Waals surface area contributed by atoms with Gasteiger partial charge in [0.1, 0.15) is 0 Å². The second kappa shape index (κ2) is 8.65. The third-order valence-electron chi connectivity index (χ3n) is 4.26. The van der Waals surface area contributed by atoms with Gasteiger partial charge in [-0.25, -0.2) is 13.1 Å². The predicted molar refractivity (Wildman–Crippen MR) is 92.0 cm³/mol. The zero-order chi connectivity index (χ0) is 16.8. The Morgan fingerprint density at radius 3 is 2.05 bits per heavy atom. The topological polar surface area (TPSA) is 72.2 Å². The summed E-state index contributed by atoms with van der Waals surface area (Å²) in [4.78, 5) is 0.319. The first kappa shape index (κ1) is 19.1. The van der Waals surface area contributed by atoms with Crippen molar-refractivity contribution in [3.05, 3.63) is 30.3 Å². The van der Waals surface area contributed by atoms with Crippen LogP contribution in [0.1, 0.15) is 40.5 Å². The lowest BCUT2D eigenvalue weighted by Crippen LogP contribution is -2.39. The molecule has 1 aromatic carbocycles. The zero-order valence-electron chi connectivity index (χ0n) is 14.1. The van der Waals surface area contributed by atoms with Crippen LogP contribution in [0.15, 0.2) is 35.2 Å². The summed E-state index contributed by atoms with van der Waals surface area (Å²) in [5, 5.41) is 0. The van der Waals surface area contributed by atoms with Crippen molar-refractivity contribution in [1.29, 1.82) is 0 Å². The Morgan fingerprint density at radius 1 is 1.00 bits per heavy atom. The van der Waals surface area contributed by atoms with Gasteiger partial charge >= 0.3 is 0 Å². The molecule has 0 aliphatic rings. The summed E-state index contributed by atoms with van der Waals surface area (Å²) >= 11 is 0. The van der Waals surface area contributed by atoms with Crippen LogP contribution >= 0.6 is 0 Å². The molecule has 1 aromatic rings. The van der Waals surface area contributed by atoms with E-state index in [2.05, 4.69) is 18.6 Å². The maximum Gasteiger partial charge on any atom is 0.240 e. The molecule has 0 saturated heterocycles. The van der Waals surface area contributed by atoms with Gasteiger partial charge in [0.15, 0.2) is 0 Å². The molecule has 0 aliphatic carbocycles. The molecular formula is C17H30N2O2S. The third-order valence-corrected chi connectivity index (χ3v) is 5.76. The largest absolute Gasteiger partial charge is 0.330 e. The minimum Gasteiger partial charge on any atom is -0.330 e. The van der Waals surface area contributed by atoms with E-state index in [9.17, 15) is 8.42 Å². The Balaban J connectivity index is 2.76. The fourth-order valence-corrected chi connectivity index (χ4v) is 3.95. The lowest BCUT2D eigenvalue weighted by atomic mass is 9.88. The molecule has 22 heavy (non-hydrogen) atoms. The van der Waals surface area contributed by atoms with Crippen molar-refractivity contribution in [2.45, 2.75) is 51.5 Å². The van der Waals surface area contributed by atoms with E-state index in [1.807, 2.05) is 19.9 Å². The standard InChI is InChI=1S/C17H30N2O2S/c1-13(2)15(12-18)10-11-17(14(3)4)19-22(20,21)16-8-6-5-7-9-16/h5-9,13-15,17,19H,10-12,18H2,1-4H3/t15-,17+/m0/s1. The molecule has 1 rings (SSSR count). The van der Waals surface area contributed by atoms with Crippen LogP contribution in [0.2, 0.25) is 0 Å². The second-order valence-corrected chi connectivity index (χ2v) is 8.32. The molecule has 0 radical (unpaired) electrons. The van der Waals surface area contributed by atoms with Gasteiger partial charge < -0.3 is 5.73 Å². The minimum atomic E-state index is -3.46. The Morgan fingerprint density at radius 2 is 1.59 bits per heavy atom. The van der Waals surface area contributed by atoms with E-state index in [4.69, 9.17) is 5.73 Å². The molecule has 4 nitrogen and oxygen atoms in total. The van der Waals surface area contributed by atoms with Gasteiger partial charge in [0.2, 0.25) is 10.0 Å². The maximum atomic E-state index is 12.5. The fourth-order valence-electron chi connectivity index (χ4n) is 2.51. The molecule has 2 atom stereocenters. The summed E-state index contributed by atoms with van der Waals surface area (Å²) in [6.45, 7) is 9.07. The molecule has 5 heteroatoms. The Kier molecular flexibility index (Phi) is 7.53. The van der Waals surface area contributed by atoms with E-state index >= 15 is 0 Å². The molecule has 0 spiro atoms. The van der Waals surface area contributed by atoms with Gasteiger partial charge in [-0.1, -0.05) is 45.9 Å². The van der Waals surface area contributed by atoms with Crippen LogP contribution in [0.5, 0.6) is 0 Å². The molecule has 126 valence electrons. The lowest BCUT2D eigenvalue weighted by molar-refractivity contribution is 0.319. The number of sulfonamides is 1. The average molecular weight is 327 g/mol. The molecule has 0 unspecified atom stereocenters. The smallest absolute Gasteiger partial charge is 0.240 e. The van der Waals surface area contributed by atoms with Gasteiger partial charge in [-0.05, 0) is 49.3 Å². The molecule has 0 heterocycles. The van der Waals surface area contributed by atoms with E-state index in [1.165, 1.54) is 0 Å². The van der Waals surface area contributed by atoms with Gasteiger partial charge in [-0.3, -0.25) is 0 Å². The van der Waals surface area contributed by atoms with E-state index in [0.29, 0.717) is 23.3 Å². The highest BCUT2D eigenvalue weighted by atomic mass is 32.2. The monoisotopic (exact) mass is 326 g/mol. The average Bonchev–Trinajstić information content (AvgIpc) is 2.47. The number of hydrogen-bond donors (Lipinski definition) is 2. The van der Waals surface area contributed by atoms with Gasteiger partial charge in [-0.15, -0.1) is 0 Å². The van der Waals surface area contributed by atoms with Crippen molar-refractivity contribution in [1.82, 2.24) is 4.72 Å². The normalized spacial score (nSPS) is 15.2. The van der Waals surface area contributed by atoms with Gasteiger partial charge in [0.25, 0.3) is 0 Å². The van der Waals surface area contributed by atoms with E-state index in [0.717, 1.165) is 12.8 Å². The predicted octanol–water partition coefficient (Wildman–Crippen LogP) is 3.00. The molecular weight excluding hydrogens is 296 g/mol. The van der Waals surface area contributed by atoms with Crippen molar-refractivity contribution in [3.8, 4) is 0 Å². The molecule has 0 amide bonds. The summed E-state index contributed by atoms with van der Waals surface area (Å²) in [5.41, 5.74) is 5.82. The van der Waals surface area contributed by atoms with Gasteiger partial charge in [0, 0.05) is 6.04 Å². The summed E-state index contributed by atoms with van der Waals surface area (Å²) in [7, 11) is -3.46. The van der Waals surface area contributed by atoms with Gasteiger partial charge in [-0.2, -0.15) is 0 Å². The Bertz CT molecular complexity index is 527. The highest BCUT2D eigenvalue weighted by Gasteiger charge is 2.23. The van der Waals surface area contributed by atoms with Crippen molar-refractivity contribution in [2.24, 2.45) is 23.5 Å². The summed E-state index contributed by atoms with van der Waals surface area (Å²) in [6, 6.07) is 8.46. The first-order chi connectivity index (χ1) is 10.3. The summed E-state index contributed by atoms with van der Waals surface area (Å²) in [6.07, 6.45) is 1.75. The molecule has 3 N–H and O–H groups in total. The van der Waals surface area contributed by atoms with Crippen LogP contribution in [0.25, 0.3) is 0 Å². The van der Waals surface area contributed by atoms with Crippen LogP contribution in [-0.2, 0) is 10.0 Å².